The zero-order chi connectivity index (χ0) is 13.2. The highest BCUT2D eigenvalue weighted by Crippen LogP contribution is 2.27. The Bertz CT molecular complexity index is 532. The Morgan fingerprint density at radius 2 is 1.78 bits per heavy atom. The van der Waals surface area contributed by atoms with Gasteiger partial charge >= 0.3 is 0 Å². The molecule has 2 nitrogen and oxygen atoms in total. The fourth-order valence-electron chi connectivity index (χ4n) is 1.97. The average molecular weight is 307 g/mol. The summed E-state index contributed by atoms with van der Waals surface area (Å²) in [7, 11) is 0. The molecule has 0 bridgehead atoms. The van der Waals surface area contributed by atoms with Crippen molar-refractivity contribution in [3.8, 4) is 5.75 Å². The zero-order valence-electron chi connectivity index (χ0n) is 10.1. The number of phenolic OH excluding ortho intramolecular Hbond substituents is 1. The monoisotopic (exact) mass is 306 g/mol. The third-order valence-electron chi connectivity index (χ3n) is 2.93. The van der Waals surface area contributed by atoms with Gasteiger partial charge in [-0.25, -0.2) is 0 Å². The number of benzene rings is 2. The van der Waals surface area contributed by atoms with Gasteiger partial charge in [-0.05, 0) is 42.3 Å². The van der Waals surface area contributed by atoms with E-state index in [1.54, 1.807) is 25.1 Å². The summed E-state index contributed by atoms with van der Waals surface area (Å²) in [6, 6.07) is 14.6. The summed E-state index contributed by atoms with van der Waals surface area (Å²) in [5.41, 5.74) is 0.811. The second-order valence-electron chi connectivity index (χ2n) is 4.63. The number of aromatic hydroxyl groups is 1. The molecule has 2 aromatic carbocycles. The predicted octanol–water partition coefficient (Wildman–Crippen LogP) is 3.60. The van der Waals surface area contributed by atoms with Crippen molar-refractivity contribution in [1.82, 2.24) is 0 Å². The van der Waals surface area contributed by atoms with Crippen LogP contribution in [0.15, 0.2) is 53.0 Å². The number of hydrogen-bond donors (Lipinski definition) is 2. The van der Waals surface area contributed by atoms with Crippen LogP contribution in [0.1, 0.15) is 18.1 Å². The van der Waals surface area contributed by atoms with Crippen molar-refractivity contribution in [3.63, 3.8) is 0 Å². The van der Waals surface area contributed by atoms with E-state index in [1.165, 1.54) is 0 Å². The lowest BCUT2D eigenvalue weighted by Crippen LogP contribution is -2.24. The van der Waals surface area contributed by atoms with E-state index < -0.39 is 5.60 Å². The van der Waals surface area contributed by atoms with Crippen LogP contribution in [0.3, 0.4) is 0 Å². The van der Waals surface area contributed by atoms with Crippen molar-refractivity contribution in [2.75, 3.05) is 0 Å². The average Bonchev–Trinajstić information content (AvgIpc) is 2.29. The van der Waals surface area contributed by atoms with Gasteiger partial charge in [0.1, 0.15) is 5.75 Å². The molecule has 18 heavy (non-hydrogen) atoms. The molecule has 0 saturated heterocycles. The molecule has 0 spiro atoms. The summed E-state index contributed by atoms with van der Waals surface area (Å²) in [6.07, 6.45) is 0.461. The van der Waals surface area contributed by atoms with Gasteiger partial charge < -0.3 is 10.2 Å². The minimum Gasteiger partial charge on any atom is -0.508 e. The summed E-state index contributed by atoms with van der Waals surface area (Å²) >= 11 is 3.37. The molecule has 1 atom stereocenters. The van der Waals surface area contributed by atoms with Crippen molar-refractivity contribution >= 4 is 15.9 Å². The summed E-state index contributed by atoms with van der Waals surface area (Å²) < 4.78 is 0.986. The maximum Gasteiger partial charge on any atom is 0.115 e. The van der Waals surface area contributed by atoms with Crippen LogP contribution >= 0.6 is 15.9 Å². The maximum absolute atomic E-state index is 10.5. The van der Waals surface area contributed by atoms with E-state index in [2.05, 4.69) is 15.9 Å². The van der Waals surface area contributed by atoms with Gasteiger partial charge in [0.2, 0.25) is 0 Å². The third kappa shape index (κ3) is 3.12. The Labute approximate surface area is 115 Å². The fourth-order valence-corrected chi connectivity index (χ4v) is 2.24. The lowest BCUT2D eigenvalue weighted by atomic mass is 9.89. The molecular formula is C15H15BrO2. The molecule has 1 unspecified atom stereocenters. The molecule has 0 aliphatic carbocycles. The van der Waals surface area contributed by atoms with Crippen molar-refractivity contribution < 1.29 is 10.2 Å². The second kappa shape index (κ2) is 5.12. The first kappa shape index (κ1) is 13.1. The molecule has 0 heterocycles. The molecule has 0 saturated carbocycles. The first-order valence-electron chi connectivity index (χ1n) is 5.74. The van der Waals surface area contributed by atoms with Crippen LogP contribution in [0.4, 0.5) is 0 Å². The Balaban J connectivity index is 2.23. The van der Waals surface area contributed by atoms with Crippen LogP contribution in [-0.4, -0.2) is 10.2 Å². The highest BCUT2D eigenvalue weighted by atomic mass is 79.9. The van der Waals surface area contributed by atoms with Crippen LogP contribution in [-0.2, 0) is 12.0 Å². The molecule has 2 N–H and O–H groups in total. The third-order valence-corrected chi connectivity index (χ3v) is 3.45. The van der Waals surface area contributed by atoms with E-state index in [1.807, 2.05) is 30.3 Å². The van der Waals surface area contributed by atoms with E-state index >= 15 is 0 Å². The maximum atomic E-state index is 10.5. The smallest absolute Gasteiger partial charge is 0.115 e. The second-order valence-corrected chi connectivity index (χ2v) is 5.54. The molecule has 2 rings (SSSR count). The van der Waals surface area contributed by atoms with Crippen molar-refractivity contribution in [1.29, 1.82) is 0 Å². The SMILES string of the molecule is CC(O)(Cc1cccc(O)c1)c1ccc(Br)cc1. The first-order chi connectivity index (χ1) is 8.47. The largest absolute Gasteiger partial charge is 0.508 e. The van der Waals surface area contributed by atoms with Gasteiger partial charge in [-0.1, -0.05) is 40.2 Å². The van der Waals surface area contributed by atoms with Gasteiger partial charge in [0, 0.05) is 10.9 Å². The number of aliphatic hydroxyl groups is 1. The molecule has 0 aliphatic heterocycles. The van der Waals surface area contributed by atoms with E-state index in [0.29, 0.717) is 6.42 Å². The van der Waals surface area contributed by atoms with E-state index in [0.717, 1.165) is 15.6 Å². The van der Waals surface area contributed by atoms with Crippen LogP contribution in [0.2, 0.25) is 0 Å². The lowest BCUT2D eigenvalue weighted by Gasteiger charge is -2.24. The Morgan fingerprint density at radius 1 is 1.11 bits per heavy atom. The van der Waals surface area contributed by atoms with Gasteiger partial charge in [-0.3, -0.25) is 0 Å². The standard InChI is InChI=1S/C15H15BrO2/c1-15(18,12-5-7-13(16)8-6-12)10-11-3-2-4-14(17)9-11/h2-9,17-18H,10H2,1H3. The molecular weight excluding hydrogens is 292 g/mol. The van der Waals surface area contributed by atoms with Crippen molar-refractivity contribution in [3.05, 3.63) is 64.1 Å². The topological polar surface area (TPSA) is 40.5 Å². The summed E-state index contributed by atoms with van der Waals surface area (Å²) in [5, 5.41) is 20.0. The van der Waals surface area contributed by atoms with Gasteiger partial charge in [0.25, 0.3) is 0 Å². The highest BCUT2D eigenvalue weighted by Gasteiger charge is 2.23. The Kier molecular flexibility index (Phi) is 3.73. The predicted molar refractivity (Wildman–Crippen MR) is 75.5 cm³/mol. The van der Waals surface area contributed by atoms with Gasteiger partial charge in [-0.2, -0.15) is 0 Å². The fraction of sp³-hybridized carbons (Fsp3) is 0.200. The summed E-state index contributed by atoms with van der Waals surface area (Å²) in [4.78, 5) is 0. The number of halogens is 1. The normalized spacial score (nSPS) is 14.2. The van der Waals surface area contributed by atoms with Crippen molar-refractivity contribution in [2.24, 2.45) is 0 Å². The Morgan fingerprint density at radius 3 is 2.39 bits per heavy atom. The number of phenols is 1. The molecule has 2 aromatic rings. The minimum absolute atomic E-state index is 0.221. The number of hydrogen-bond acceptors (Lipinski definition) is 2. The van der Waals surface area contributed by atoms with Crippen LogP contribution in [0.25, 0.3) is 0 Å². The molecule has 0 aliphatic rings. The van der Waals surface area contributed by atoms with Crippen LogP contribution in [0.5, 0.6) is 5.75 Å². The zero-order valence-corrected chi connectivity index (χ0v) is 11.7. The molecule has 3 heteroatoms. The quantitative estimate of drug-likeness (QED) is 0.909. The highest BCUT2D eigenvalue weighted by molar-refractivity contribution is 9.10. The first-order valence-corrected chi connectivity index (χ1v) is 6.53. The minimum atomic E-state index is -0.950. The molecule has 0 amide bonds. The van der Waals surface area contributed by atoms with E-state index in [4.69, 9.17) is 0 Å². The number of rotatable bonds is 3. The molecule has 94 valence electrons. The molecule has 0 fully saturated rings. The van der Waals surface area contributed by atoms with Crippen LogP contribution in [0, 0.1) is 0 Å². The van der Waals surface area contributed by atoms with E-state index in [9.17, 15) is 10.2 Å². The van der Waals surface area contributed by atoms with Gasteiger partial charge in [0.15, 0.2) is 0 Å². The van der Waals surface area contributed by atoms with Gasteiger partial charge in [-0.15, -0.1) is 0 Å². The van der Waals surface area contributed by atoms with Crippen molar-refractivity contribution in [2.45, 2.75) is 18.9 Å². The Hall–Kier alpha value is -1.32. The van der Waals surface area contributed by atoms with E-state index in [-0.39, 0.29) is 5.75 Å². The van der Waals surface area contributed by atoms with Gasteiger partial charge in [0.05, 0.1) is 5.60 Å². The lowest BCUT2D eigenvalue weighted by molar-refractivity contribution is 0.0576. The molecule has 0 radical (unpaired) electrons. The molecule has 0 aromatic heterocycles. The van der Waals surface area contributed by atoms with Crippen LogP contribution < -0.4 is 0 Å². The summed E-state index contributed by atoms with van der Waals surface area (Å²) in [6.45, 7) is 1.78. The summed E-state index contributed by atoms with van der Waals surface area (Å²) in [5.74, 6) is 0.221.